The zero-order chi connectivity index (χ0) is 25.5. The van der Waals surface area contributed by atoms with Crippen molar-refractivity contribution in [1.29, 1.82) is 0 Å². The summed E-state index contributed by atoms with van der Waals surface area (Å²) in [6.45, 7) is 6.04. The van der Waals surface area contributed by atoms with Crippen molar-refractivity contribution in [1.82, 2.24) is 10.2 Å². The monoisotopic (exact) mass is 488 g/mol. The fourth-order valence-electron chi connectivity index (χ4n) is 4.20. The third kappa shape index (κ3) is 5.01. The number of nitrogens with zero attached hydrogens (tertiary/aromatic N) is 1. The molecule has 2 amide bonds. The molecule has 1 heterocycles. The normalized spacial score (nSPS) is 19.9. The standard InChI is InChI=1S/C24H26F6N2O2/c1-21(2,3)31-20(33)32-13-18(15-7-5-4-6-8-15)19(14-32)16-9-11-17(12-10-16)22(34,23(25,26)27)24(28,29)30/h4-12,18-19,34H,13-14H2,1-3H3,(H,31,33)/t18-,19-/m0/s1. The molecule has 1 aliphatic heterocycles. The minimum Gasteiger partial charge on any atom is -0.369 e. The minimum atomic E-state index is -5.95. The van der Waals surface area contributed by atoms with Crippen LogP contribution < -0.4 is 5.32 Å². The quantitative estimate of drug-likeness (QED) is 0.546. The van der Waals surface area contributed by atoms with Crippen molar-refractivity contribution >= 4 is 6.03 Å². The molecular weight excluding hydrogens is 462 g/mol. The van der Waals surface area contributed by atoms with Crippen molar-refractivity contribution in [3.05, 3.63) is 71.3 Å². The van der Waals surface area contributed by atoms with Crippen LogP contribution in [0.4, 0.5) is 31.1 Å². The smallest absolute Gasteiger partial charge is 0.369 e. The molecule has 3 rings (SSSR count). The Kier molecular flexibility index (Phi) is 6.69. The van der Waals surface area contributed by atoms with Crippen LogP contribution in [0.15, 0.2) is 54.6 Å². The van der Waals surface area contributed by atoms with Gasteiger partial charge in [-0.15, -0.1) is 0 Å². The Balaban J connectivity index is 1.96. The molecule has 186 valence electrons. The highest BCUT2D eigenvalue weighted by atomic mass is 19.4. The van der Waals surface area contributed by atoms with Crippen molar-refractivity contribution in [2.45, 2.75) is 56.1 Å². The number of rotatable bonds is 3. The number of carbonyl (C=O) groups excluding carboxylic acids is 1. The number of halogens is 6. The van der Waals surface area contributed by atoms with Crippen LogP contribution in [-0.2, 0) is 5.60 Å². The third-order valence-electron chi connectivity index (χ3n) is 5.89. The first-order chi connectivity index (χ1) is 15.5. The van der Waals surface area contributed by atoms with E-state index in [-0.39, 0.29) is 24.4 Å². The van der Waals surface area contributed by atoms with E-state index in [0.29, 0.717) is 24.2 Å². The highest BCUT2D eigenvalue weighted by molar-refractivity contribution is 5.75. The molecule has 0 saturated carbocycles. The SMILES string of the molecule is CC(C)(C)NC(=O)N1C[C@@H](c2ccccc2)[C@H](c2ccc(C(O)(C(F)(F)F)C(F)(F)F)cc2)C1. The molecule has 0 spiro atoms. The Labute approximate surface area is 193 Å². The Morgan fingerprint density at radius 2 is 1.26 bits per heavy atom. The number of benzene rings is 2. The summed E-state index contributed by atoms with van der Waals surface area (Å²) in [5, 5.41) is 12.5. The van der Waals surface area contributed by atoms with E-state index in [0.717, 1.165) is 17.7 Å². The number of urea groups is 1. The van der Waals surface area contributed by atoms with E-state index >= 15 is 0 Å². The number of hydrogen-bond acceptors (Lipinski definition) is 2. The topological polar surface area (TPSA) is 52.6 Å². The molecule has 0 unspecified atom stereocenters. The minimum absolute atomic E-state index is 0.220. The molecule has 2 atom stereocenters. The van der Waals surface area contributed by atoms with Crippen molar-refractivity contribution in [3.63, 3.8) is 0 Å². The van der Waals surface area contributed by atoms with Gasteiger partial charge >= 0.3 is 18.4 Å². The molecule has 10 heteroatoms. The van der Waals surface area contributed by atoms with Crippen molar-refractivity contribution in [2.24, 2.45) is 0 Å². The zero-order valence-corrected chi connectivity index (χ0v) is 18.8. The molecule has 2 N–H and O–H groups in total. The number of nitrogens with one attached hydrogen (secondary N) is 1. The van der Waals surface area contributed by atoms with Crippen LogP contribution in [0.5, 0.6) is 0 Å². The van der Waals surface area contributed by atoms with Crippen LogP contribution in [0.2, 0.25) is 0 Å². The fraction of sp³-hybridized carbons (Fsp3) is 0.458. The molecule has 4 nitrogen and oxygen atoms in total. The molecule has 1 saturated heterocycles. The largest absolute Gasteiger partial charge is 0.430 e. The Morgan fingerprint density at radius 1 is 0.824 bits per heavy atom. The maximum atomic E-state index is 13.2. The van der Waals surface area contributed by atoms with Gasteiger partial charge in [-0.1, -0.05) is 54.6 Å². The zero-order valence-electron chi connectivity index (χ0n) is 18.8. The van der Waals surface area contributed by atoms with Crippen LogP contribution in [0.3, 0.4) is 0 Å². The van der Waals surface area contributed by atoms with Gasteiger partial charge in [-0.05, 0) is 31.9 Å². The van der Waals surface area contributed by atoms with Crippen LogP contribution >= 0.6 is 0 Å². The van der Waals surface area contributed by atoms with Crippen molar-refractivity contribution in [3.8, 4) is 0 Å². The number of hydrogen-bond donors (Lipinski definition) is 2. The molecule has 0 aliphatic carbocycles. The van der Waals surface area contributed by atoms with Gasteiger partial charge in [-0.3, -0.25) is 0 Å². The third-order valence-corrected chi connectivity index (χ3v) is 5.89. The predicted octanol–water partition coefficient (Wildman–Crippen LogP) is 5.69. The lowest BCUT2D eigenvalue weighted by atomic mass is 9.83. The summed E-state index contributed by atoms with van der Waals surface area (Å²) in [6.07, 6.45) is -11.9. The lowest BCUT2D eigenvalue weighted by Crippen LogP contribution is -2.53. The van der Waals surface area contributed by atoms with E-state index in [9.17, 15) is 36.2 Å². The summed E-state index contributed by atoms with van der Waals surface area (Å²) in [6, 6.07) is 12.5. The number of amides is 2. The van der Waals surface area contributed by atoms with Gasteiger partial charge in [0.1, 0.15) is 0 Å². The van der Waals surface area contributed by atoms with Crippen LogP contribution in [0, 0.1) is 0 Å². The second kappa shape index (κ2) is 8.79. The maximum Gasteiger partial charge on any atom is 0.430 e. The Morgan fingerprint density at radius 3 is 1.68 bits per heavy atom. The molecule has 1 aliphatic rings. The molecule has 0 aromatic heterocycles. The first-order valence-corrected chi connectivity index (χ1v) is 10.6. The first kappa shape index (κ1) is 25.9. The van der Waals surface area contributed by atoms with E-state index in [4.69, 9.17) is 0 Å². The number of aliphatic hydroxyl groups is 1. The van der Waals surface area contributed by atoms with E-state index in [1.165, 1.54) is 0 Å². The van der Waals surface area contributed by atoms with E-state index in [1.54, 1.807) is 4.90 Å². The Bertz CT molecular complexity index is 983. The molecule has 2 aromatic rings. The highest BCUT2D eigenvalue weighted by Crippen LogP contribution is 2.50. The molecular formula is C24H26F6N2O2. The molecule has 34 heavy (non-hydrogen) atoms. The van der Waals surface area contributed by atoms with Gasteiger partial charge in [0.25, 0.3) is 5.60 Å². The lowest BCUT2D eigenvalue weighted by Gasteiger charge is -2.33. The second-order valence-corrected chi connectivity index (χ2v) is 9.54. The molecule has 2 aromatic carbocycles. The van der Waals surface area contributed by atoms with Gasteiger partial charge in [0.05, 0.1) is 0 Å². The molecule has 1 fully saturated rings. The van der Waals surface area contributed by atoms with Crippen LogP contribution in [0.25, 0.3) is 0 Å². The van der Waals surface area contributed by atoms with Gasteiger partial charge in [-0.25, -0.2) is 4.79 Å². The van der Waals surface area contributed by atoms with Crippen LogP contribution in [0.1, 0.15) is 49.3 Å². The van der Waals surface area contributed by atoms with E-state index in [1.807, 2.05) is 51.1 Å². The maximum absolute atomic E-state index is 13.2. The highest BCUT2D eigenvalue weighted by Gasteiger charge is 2.71. The van der Waals surface area contributed by atoms with Gasteiger partial charge in [0, 0.05) is 36.0 Å². The lowest BCUT2D eigenvalue weighted by molar-refractivity contribution is -0.376. The average molecular weight is 488 g/mol. The van der Waals surface area contributed by atoms with Gasteiger partial charge in [-0.2, -0.15) is 26.3 Å². The number of alkyl halides is 6. The number of carbonyl (C=O) groups is 1. The summed E-state index contributed by atoms with van der Waals surface area (Å²) < 4.78 is 79.4. The van der Waals surface area contributed by atoms with Crippen LogP contribution in [-0.4, -0.2) is 47.0 Å². The van der Waals surface area contributed by atoms with E-state index < -0.39 is 29.1 Å². The average Bonchev–Trinajstić information content (AvgIpc) is 3.17. The summed E-state index contributed by atoms with van der Waals surface area (Å²) in [7, 11) is 0. The second-order valence-electron chi connectivity index (χ2n) is 9.54. The predicted molar refractivity (Wildman–Crippen MR) is 114 cm³/mol. The van der Waals surface area contributed by atoms with Gasteiger partial charge in [0.2, 0.25) is 0 Å². The molecule has 0 radical (unpaired) electrons. The molecule has 0 bridgehead atoms. The summed E-state index contributed by atoms with van der Waals surface area (Å²) in [5.74, 6) is -0.589. The Hall–Kier alpha value is -2.75. The first-order valence-electron chi connectivity index (χ1n) is 10.6. The summed E-state index contributed by atoms with van der Waals surface area (Å²) >= 11 is 0. The van der Waals surface area contributed by atoms with Crippen molar-refractivity contribution in [2.75, 3.05) is 13.1 Å². The number of likely N-dealkylation sites (tertiary alicyclic amines) is 1. The summed E-state index contributed by atoms with van der Waals surface area (Å²) in [4.78, 5) is 14.3. The van der Waals surface area contributed by atoms with E-state index in [2.05, 4.69) is 5.32 Å². The van der Waals surface area contributed by atoms with Crippen molar-refractivity contribution < 1.29 is 36.2 Å². The van der Waals surface area contributed by atoms with Gasteiger partial charge in [0.15, 0.2) is 0 Å². The van der Waals surface area contributed by atoms with Gasteiger partial charge < -0.3 is 15.3 Å². The fourth-order valence-corrected chi connectivity index (χ4v) is 4.20. The summed E-state index contributed by atoms with van der Waals surface area (Å²) in [5.41, 5.74) is -5.42.